The van der Waals surface area contributed by atoms with Crippen LogP contribution in [0.2, 0.25) is 0 Å². The maximum absolute atomic E-state index is 13.1. The van der Waals surface area contributed by atoms with Crippen LogP contribution in [0.3, 0.4) is 0 Å². The maximum atomic E-state index is 13.1. The number of rotatable bonds is 6. The van der Waals surface area contributed by atoms with E-state index in [0.29, 0.717) is 16.1 Å². The number of anilines is 1. The van der Waals surface area contributed by atoms with Crippen LogP contribution in [0.4, 0.5) is 5.69 Å². The van der Waals surface area contributed by atoms with Gasteiger partial charge < -0.3 is 14.6 Å². The first-order chi connectivity index (χ1) is 13.1. The van der Waals surface area contributed by atoms with Gasteiger partial charge in [-0.2, -0.15) is 0 Å². The molecule has 5 nitrogen and oxygen atoms in total. The highest BCUT2D eigenvalue weighted by Crippen LogP contribution is 2.35. The predicted molar refractivity (Wildman–Crippen MR) is 105 cm³/mol. The summed E-state index contributed by atoms with van der Waals surface area (Å²) < 4.78 is 5.50. The Bertz CT molecular complexity index is 913. The van der Waals surface area contributed by atoms with Gasteiger partial charge in [-0.1, -0.05) is 6.07 Å². The third-order valence-corrected chi connectivity index (χ3v) is 5.55. The molecule has 1 atom stereocenters. The van der Waals surface area contributed by atoms with Gasteiger partial charge in [0.1, 0.15) is 5.76 Å². The highest BCUT2D eigenvalue weighted by atomic mass is 32.1. The van der Waals surface area contributed by atoms with Gasteiger partial charge in [-0.3, -0.25) is 9.59 Å². The zero-order valence-corrected chi connectivity index (χ0v) is 15.7. The van der Waals surface area contributed by atoms with Crippen molar-refractivity contribution in [3.63, 3.8) is 0 Å². The number of hydrogen-bond acceptors (Lipinski definition) is 4. The second-order valence-corrected chi connectivity index (χ2v) is 7.59. The molecular formula is C21H20N2O3S. The average Bonchev–Trinajstić information content (AvgIpc) is 3.17. The van der Waals surface area contributed by atoms with Gasteiger partial charge in [-0.05, 0) is 67.6 Å². The average molecular weight is 380 g/mol. The Labute approximate surface area is 161 Å². The van der Waals surface area contributed by atoms with Crippen molar-refractivity contribution < 1.29 is 14.0 Å². The van der Waals surface area contributed by atoms with Crippen molar-refractivity contribution in [2.24, 2.45) is 0 Å². The van der Waals surface area contributed by atoms with E-state index in [0.717, 1.165) is 18.6 Å². The lowest BCUT2D eigenvalue weighted by Crippen LogP contribution is -2.35. The summed E-state index contributed by atoms with van der Waals surface area (Å²) in [6.07, 6.45) is 3.67. The molecule has 138 valence electrons. The monoisotopic (exact) mass is 380 g/mol. The molecule has 0 bridgehead atoms. The van der Waals surface area contributed by atoms with E-state index in [-0.39, 0.29) is 23.9 Å². The Morgan fingerprint density at radius 3 is 2.52 bits per heavy atom. The summed E-state index contributed by atoms with van der Waals surface area (Å²) >= 11 is 1.39. The number of benzene rings is 1. The van der Waals surface area contributed by atoms with Crippen LogP contribution in [0.1, 0.15) is 51.6 Å². The Morgan fingerprint density at radius 2 is 1.93 bits per heavy atom. The molecule has 1 fully saturated rings. The van der Waals surface area contributed by atoms with Crippen molar-refractivity contribution in [2.45, 2.75) is 31.8 Å². The molecule has 27 heavy (non-hydrogen) atoms. The standard InChI is InChI=1S/C21H20N2O3S/c1-14(18-4-2-12-26-18)23(17-10-11-17)21(25)15-6-8-16(9-7-15)22-20(24)19-5-3-13-27-19/h2-9,12-14,17H,10-11H2,1H3,(H,22,24)/t14-/m0/s1. The number of furan rings is 1. The SMILES string of the molecule is C[C@@H](c1ccco1)N(C(=O)c1ccc(NC(=O)c2cccs2)cc1)C1CC1. The highest BCUT2D eigenvalue weighted by Gasteiger charge is 2.37. The van der Waals surface area contributed by atoms with Gasteiger partial charge in [0.2, 0.25) is 0 Å². The minimum Gasteiger partial charge on any atom is -0.467 e. The fraction of sp³-hybridized carbons (Fsp3) is 0.238. The first-order valence-corrected chi connectivity index (χ1v) is 9.82. The second kappa shape index (κ2) is 7.40. The topological polar surface area (TPSA) is 62.6 Å². The molecule has 0 unspecified atom stereocenters. The Kier molecular flexibility index (Phi) is 4.81. The highest BCUT2D eigenvalue weighted by molar-refractivity contribution is 7.12. The lowest BCUT2D eigenvalue weighted by atomic mass is 10.1. The van der Waals surface area contributed by atoms with Crippen LogP contribution in [0.15, 0.2) is 64.6 Å². The number of carbonyl (C=O) groups is 2. The number of nitrogens with one attached hydrogen (secondary N) is 1. The Balaban J connectivity index is 1.48. The molecule has 0 spiro atoms. The summed E-state index contributed by atoms with van der Waals surface area (Å²) in [5.74, 6) is 0.628. The number of carbonyl (C=O) groups excluding carboxylic acids is 2. The Morgan fingerprint density at radius 1 is 1.15 bits per heavy atom. The molecule has 0 radical (unpaired) electrons. The summed E-state index contributed by atoms with van der Waals surface area (Å²) in [4.78, 5) is 27.8. The summed E-state index contributed by atoms with van der Waals surface area (Å²) in [5.41, 5.74) is 1.27. The number of amides is 2. The van der Waals surface area contributed by atoms with Crippen LogP contribution in [0.25, 0.3) is 0 Å². The smallest absolute Gasteiger partial charge is 0.265 e. The number of nitrogens with zero attached hydrogens (tertiary/aromatic N) is 1. The molecule has 2 heterocycles. The molecule has 3 aromatic rings. The summed E-state index contributed by atoms with van der Waals surface area (Å²) in [6.45, 7) is 1.99. The van der Waals surface area contributed by atoms with Gasteiger partial charge in [0, 0.05) is 17.3 Å². The van der Waals surface area contributed by atoms with Crippen LogP contribution >= 0.6 is 11.3 Å². The fourth-order valence-electron chi connectivity index (χ4n) is 3.12. The van der Waals surface area contributed by atoms with Crippen LogP contribution in [-0.2, 0) is 0 Å². The van der Waals surface area contributed by atoms with E-state index < -0.39 is 0 Å². The van der Waals surface area contributed by atoms with Gasteiger partial charge in [0.05, 0.1) is 17.2 Å². The molecule has 2 aromatic heterocycles. The van der Waals surface area contributed by atoms with Gasteiger partial charge in [-0.25, -0.2) is 0 Å². The molecule has 1 aromatic carbocycles. The summed E-state index contributed by atoms with van der Waals surface area (Å²) in [5, 5.41) is 4.72. The van der Waals surface area contributed by atoms with Crippen LogP contribution in [0.5, 0.6) is 0 Å². The van der Waals surface area contributed by atoms with E-state index in [1.165, 1.54) is 11.3 Å². The molecule has 0 saturated heterocycles. The van der Waals surface area contributed by atoms with Crippen molar-refractivity contribution in [3.8, 4) is 0 Å². The van der Waals surface area contributed by atoms with E-state index in [1.807, 2.05) is 35.4 Å². The molecule has 4 rings (SSSR count). The van der Waals surface area contributed by atoms with Crippen molar-refractivity contribution in [1.29, 1.82) is 0 Å². The quantitative estimate of drug-likeness (QED) is 0.657. The Hall–Kier alpha value is -2.86. The van der Waals surface area contributed by atoms with Gasteiger partial charge in [0.15, 0.2) is 0 Å². The number of thiophene rings is 1. The van der Waals surface area contributed by atoms with Gasteiger partial charge in [-0.15, -0.1) is 11.3 Å². The fourth-order valence-corrected chi connectivity index (χ4v) is 3.74. The summed E-state index contributed by atoms with van der Waals surface area (Å²) in [7, 11) is 0. The minimum atomic E-state index is -0.143. The van der Waals surface area contributed by atoms with Crippen molar-refractivity contribution >= 4 is 28.8 Å². The van der Waals surface area contributed by atoms with Crippen molar-refractivity contribution in [2.75, 3.05) is 5.32 Å². The van der Waals surface area contributed by atoms with E-state index in [4.69, 9.17) is 4.42 Å². The lowest BCUT2D eigenvalue weighted by Gasteiger charge is -2.28. The lowest BCUT2D eigenvalue weighted by molar-refractivity contribution is 0.0652. The molecular weight excluding hydrogens is 360 g/mol. The minimum absolute atomic E-state index is 0.0162. The third kappa shape index (κ3) is 3.80. The van der Waals surface area contributed by atoms with E-state index in [1.54, 1.807) is 36.6 Å². The van der Waals surface area contributed by atoms with Gasteiger partial charge in [0.25, 0.3) is 11.8 Å². The first kappa shape index (κ1) is 17.5. The first-order valence-electron chi connectivity index (χ1n) is 8.94. The van der Waals surface area contributed by atoms with Crippen molar-refractivity contribution in [1.82, 2.24) is 4.90 Å². The zero-order chi connectivity index (χ0) is 18.8. The zero-order valence-electron chi connectivity index (χ0n) is 14.9. The third-order valence-electron chi connectivity index (χ3n) is 4.68. The van der Waals surface area contributed by atoms with E-state index in [9.17, 15) is 9.59 Å². The van der Waals surface area contributed by atoms with Crippen molar-refractivity contribution in [3.05, 3.63) is 76.4 Å². The predicted octanol–water partition coefficient (Wildman–Crippen LogP) is 4.96. The normalized spacial score (nSPS) is 14.6. The maximum Gasteiger partial charge on any atom is 0.265 e. The van der Waals surface area contributed by atoms with E-state index >= 15 is 0 Å². The van der Waals surface area contributed by atoms with Gasteiger partial charge >= 0.3 is 0 Å². The molecule has 2 amide bonds. The molecule has 1 aliphatic rings. The van der Waals surface area contributed by atoms with E-state index in [2.05, 4.69) is 5.32 Å². The molecule has 1 aliphatic carbocycles. The largest absolute Gasteiger partial charge is 0.467 e. The van der Waals surface area contributed by atoms with Crippen LogP contribution in [-0.4, -0.2) is 22.8 Å². The molecule has 0 aliphatic heterocycles. The second-order valence-electron chi connectivity index (χ2n) is 6.64. The summed E-state index contributed by atoms with van der Waals surface area (Å²) in [6, 6.07) is 14.6. The van der Waals surface area contributed by atoms with Crippen LogP contribution < -0.4 is 5.32 Å². The molecule has 1 N–H and O–H groups in total. The molecule has 6 heteroatoms. The van der Waals surface area contributed by atoms with Crippen LogP contribution in [0, 0.1) is 0 Å². The number of hydrogen-bond donors (Lipinski definition) is 1. The molecule has 1 saturated carbocycles.